The highest BCUT2D eigenvalue weighted by molar-refractivity contribution is 5.88. The Morgan fingerprint density at radius 3 is 2.85 bits per heavy atom. The van der Waals surface area contributed by atoms with Gasteiger partial charge in [-0.15, -0.1) is 0 Å². The van der Waals surface area contributed by atoms with Crippen molar-refractivity contribution in [2.24, 2.45) is 0 Å². The van der Waals surface area contributed by atoms with Gasteiger partial charge in [-0.3, -0.25) is 4.90 Å². The van der Waals surface area contributed by atoms with Crippen molar-refractivity contribution in [1.82, 2.24) is 14.5 Å². The Morgan fingerprint density at radius 2 is 2.06 bits per heavy atom. The molecule has 7 nitrogen and oxygen atoms in total. The molecule has 4 heterocycles. The molecule has 0 amide bonds. The molecule has 0 unspecified atom stereocenters. The molecule has 1 aliphatic heterocycles. The van der Waals surface area contributed by atoms with Gasteiger partial charge in [-0.25, -0.2) is 9.78 Å². The average molecular weight is 446 g/mol. The van der Waals surface area contributed by atoms with Gasteiger partial charge in [0.2, 0.25) is 0 Å². The summed E-state index contributed by atoms with van der Waals surface area (Å²) < 4.78 is 13.3. The van der Waals surface area contributed by atoms with Crippen molar-refractivity contribution < 1.29 is 19.1 Å². The van der Waals surface area contributed by atoms with Gasteiger partial charge >= 0.3 is 5.97 Å². The molecule has 1 fully saturated rings. The van der Waals surface area contributed by atoms with Crippen LogP contribution in [0.5, 0.6) is 5.75 Å². The minimum atomic E-state index is -0.941. The Labute approximate surface area is 192 Å². The number of hydrogen-bond donors (Lipinski definition) is 1. The Bertz CT molecular complexity index is 1220. The summed E-state index contributed by atoms with van der Waals surface area (Å²) in [6.45, 7) is 4.15. The first-order valence-corrected chi connectivity index (χ1v) is 11.3. The highest BCUT2D eigenvalue weighted by Gasteiger charge is 2.24. The van der Waals surface area contributed by atoms with Gasteiger partial charge in [-0.2, -0.15) is 0 Å². The molecule has 1 aliphatic rings. The Morgan fingerprint density at radius 1 is 1.18 bits per heavy atom. The topological polar surface area (TPSA) is 80.7 Å². The van der Waals surface area contributed by atoms with E-state index in [1.807, 2.05) is 18.3 Å². The van der Waals surface area contributed by atoms with E-state index in [0.717, 1.165) is 50.2 Å². The molecule has 0 bridgehead atoms. The molecule has 4 aromatic rings. The summed E-state index contributed by atoms with van der Waals surface area (Å²) in [4.78, 5) is 18.2. The molecule has 0 aliphatic carbocycles. The van der Waals surface area contributed by atoms with E-state index in [-0.39, 0.29) is 5.56 Å². The minimum absolute atomic E-state index is 0.245. The number of pyridine rings is 1. The molecule has 170 valence electrons. The smallest absolute Gasteiger partial charge is 0.335 e. The molecule has 0 atom stereocenters. The summed E-state index contributed by atoms with van der Waals surface area (Å²) in [6, 6.07) is 12.8. The second-order valence-electron chi connectivity index (χ2n) is 8.52. The Balaban J connectivity index is 1.19. The van der Waals surface area contributed by atoms with Crippen LogP contribution in [-0.2, 0) is 6.54 Å². The maximum Gasteiger partial charge on any atom is 0.335 e. The third kappa shape index (κ3) is 4.78. The number of furan rings is 1. The maximum absolute atomic E-state index is 11.1. The van der Waals surface area contributed by atoms with Crippen molar-refractivity contribution in [3.05, 3.63) is 84.1 Å². The first kappa shape index (κ1) is 21.3. The lowest BCUT2D eigenvalue weighted by Gasteiger charge is -2.31. The summed E-state index contributed by atoms with van der Waals surface area (Å²) in [5.74, 6) is 0.165. The summed E-state index contributed by atoms with van der Waals surface area (Å²) in [6.07, 6.45) is 9.79. The number of nitrogens with zero attached hydrogens (tertiary/aromatic N) is 3. The largest absolute Gasteiger partial charge is 0.492 e. The van der Waals surface area contributed by atoms with Gasteiger partial charge in [0, 0.05) is 29.9 Å². The number of rotatable bonds is 8. The van der Waals surface area contributed by atoms with E-state index in [0.29, 0.717) is 18.3 Å². The first-order chi connectivity index (χ1) is 16.2. The SMILES string of the molecule is O=C(O)c1cccc(OCCN2CCC(c3cn(Cc4ccoc4)c4ncccc34)CC2)c1. The van der Waals surface area contributed by atoms with Gasteiger partial charge in [0.05, 0.1) is 24.6 Å². The van der Waals surface area contributed by atoms with E-state index in [1.165, 1.54) is 10.9 Å². The zero-order valence-corrected chi connectivity index (χ0v) is 18.4. The lowest BCUT2D eigenvalue weighted by Crippen LogP contribution is -2.35. The van der Waals surface area contributed by atoms with Crippen molar-refractivity contribution in [2.45, 2.75) is 25.3 Å². The van der Waals surface area contributed by atoms with E-state index in [2.05, 4.69) is 26.7 Å². The number of aromatic nitrogens is 2. The summed E-state index contributed by atoms with van der Waals surface area (Å²) in [7, 11) is 0. The summed E-state index contributed by atoms with van der Waals surface area (Å²) in [5.41, 5.74) is 3.78. The molecular weight excluding hydrogens is 418 g/mol. The van der Waals surface area contributed by atoms with Crippen LogP contribution in [0.4, 0.5) is 0 Å². The number of piperidine rings is 1. The van der Waals surface area contributed by atoms with Crippen LogP contribution >= 0.6 is 0 Å². The third-order valence-electron chi connectivity index (χ3n) is 6.38. The molecule has 7 heteroatoms. The standard InChI is InChI=1S/C26H27N3O4/c30-26(31)21-3-1-4-22(15-21)33-14-12-28-10-6-20(7-11-28)24-17-29(16-19-8-13-32-18-19)25-23(24)5-2-9-27-25/h1-5,8-9,13,15,17-18,20H,6-7,10-12,14,16H2,(H,30,31). The quantitative estimate of drug-likeness (QED) is 0.426. The Hall–Kier alpha value is -3.58. The number of likely N-dealkylation sites (tertiary alicyclic amines) is 1. The predicted molar refractivity (Wildman–Crippen MR) is 125 cm³/mol. The van der Waals surface area contributed by atoms with Crippen LogP contribution < -0.4 is 4.74 Å². The van der Waals surface area contributed by atoms with Crippen LogP contribution in [0.15, 0.2) is 71.8 Å². The lowest BCUT2D eigenvalue weighted by atomic mass is 9.89. The normalized spacial score (nSPS) is 15.2. The zero-order chi connectivity index (χ0) is 22.6. The minimum Gasteiger partial charge on any atom is -0.492 e. The first-order valence-electron chi connectivity index (χ1n) is 11.3. The zero-order valence-electron chi connectivity index (χ0n) is 18.4. The van der Waals surface area contributed by atoms with E-state index < -0.39 is 5.97 Å². The summed E-state index contributed by atoms with van der Waals surface area (Å²) >= 11 is 0. The number of ether oxygens (including phenoxy) is 1. The van der Waals surface area contributed by atoms with Crippen molar-refractivity contribution in [2.75, 3.05) is 26.2 Å². The molecule has 0 radical (unpaired) electrons. The van der Waals surface area contributed by atoms with E-state index in [4.69, 9.17) is 14.3 Å². The highest BCUT2D eigenvalue weighted by atomic mass is 16.5. The predicted octanol–water partition coefficient (Wildman–Crippen LogP) is 4.63. The van der Waals surface area contributed by atoms with Gasteiger partial charge in [0.1, 0.15) is 18.0 Å². The van der Waals surface area contributed by atoms with Crippen LogP contribution in [0, 0.1) is 0 Å². The van der Waals surface area contributed by atoms with Crippen LogP contribution in [0.25, 0.3) is 11.0 Å². The fraction of sp³-hybridized carbons (Fsp3) is 0.308. The van der Waals surface area contributed by atoms with Gasteiger partial charge in [-0.05, 0) is 73.8 Å². The van der Waals surface area contributed by atoms with Crippen LogP contribution in [0.1, 0.15) is 40.2 Å². The lowest BCUT2D eigenvalue weighted by molar-refractivity contribution is 0.0696. The third-order valence-corrected chi connectivity index (χ3v) is 6.38. The number of hydrogen-bond acceptors (Lipinski definition) is 5. The monoisotopic (exact) mass is 445 g/mol. The molecule has 0 spiro atoms. The number of fused-ring (bicyclic) bond motifs is 1. The fourth-order valence-electron chi connectivity index (χ4n) is 4.65. The van der Waals surface area contributed by atoms with Gasteiger partial charge in [0.25, 0.3) is 0 Å². The van der Waals surface area contributed by atoms with Crippen molar-refractivity contribution in [1.29, 1.82) is 0 Å². The summed E-state index contributed by atoms with van der Waals surface area (Å²) in [5, 5.41) is 10.4. The Kier molecular flexibility index (Phi) is 6.13. The molecule has 0 saturated carbocycles. The van der Waals surface area contributed by atoms with Crippen LogP contribution in [0.2, 0.25) is 0 Å². The number of carbonyl (C=O) groups is 1. The van der Waals surface area contributed by atoms with Gasteiger partial charge in [0.15, 0.2) is 0 Å². The molecule has 3 aromatic heterocycles. The second kappa shape index (κ2) is 9.50. The van der Waals surface area contributed by atoms with Gasteiger partial charge < -0.3 is 18.8 Å². The molecule has 5 rings (SSSR count). The molecular formula is C26H27N3O4. The fourth-order valence-corrected chi connectivity index (χ4v) is 4.65. The molecule has 1 aromatic carbocycles. The number of carboxylic acid groups (broad SMARTS) is 1. The highest BCUT2D eigenvalue weighted by Crippen LogP contribution is 2.34. The number of benzene rings is 1. The maximum atomic E-state index is 11.1. The molecule has 1 N–H and O–H groups in total. The van der Waals surface area contributed by atoms with Crippen LogP contribution in [-0.4, -0.2) is 51.8 Å². The van der Waals surface area contributed by atoms with Gasteiger partial charge in [-0.1, -0.05) is 6.07 Å². The van der Waals surface area contributed by atoms with Crippen molar-refractivity contribution in [3.63, 3.8) is 0 Å². The van der Waals surface area contributed by atoms with E-state index in [9.17, 15) is 4.79 Å². The number of carboxylic acids is 1. The van der Waals surface area contributed by atoms with Crippen LogP contribution in [0.3, 0.4) is 0 Å². The van der Waals surface area contributed by atoms with E-state index >= 15 is 0 Å². The number of aromatic carboxylic acids is 1. The van der Waals surface area contributed by atoms with E-state index in [1.54, 1.807) is 36.8 Å². The van der Waals surface area contributed by atoms with Crippen molar-refractivity contribution >= 4 is 17.0 Å². The van der Waals surface area contributed by atoms with Crippen molar-refractivity contribution in [3.8, 4) is 5.75 Å². The molecule has 1 saturated heterocycles. The average Bonchev–Trinajstić information content (AvgIpc) is 3.48. The second-order valence-corrected chi connectivity index (χ2v) is 8.52. The molecule has 33 heavy (non-hydrogen) atoms.